The largest absolute Gasteiger partial charge is 0.481 e. The highest BCUT2D eigenvalue weighted by Crippen LogP contribution is 2.29. The van der Waals surface area contributed by atoms with Crippen LogP contribution in [0.5, 0.6) is 0 Å². The van der Waals surface area contributed by atoms with Crippen LogP contribution in [0.4, 0.5) is 0 Å². The predicted octanol–water partition coefficient (Wildman–Crippen LogP) is -3.73. The second kappa shape index (κ2) is 50.7. The second-order valence-electron chi connectivity index (χ2n) is 29.2. The number of aliphatic carboxylic acids is 4. The van der Waals surface area contributed by atoms with E-state index in [-0.39, 0.29) is 36.3 Å². The molecular weight excluding hydrogens is 1640 g/mol. The highest BCUT2D eigenvalue weighted by atomic mass is 32.2. The number of Topliss-reactive ketones (excluding diaryl/α,β-unsaturated/α-hetero) is 1. The molecular formula is C77H107N17O26S2. The lowest BCUT2D eigenvalue weighted by atomic mass is 9.96. The van der Waals surface area contributed by atoms with Gasteiger partial charge in [0.25, 0.3) is 0 Å². The van der Waals surface area contributed by atoms with E-state index in [1.807, 2.05) is 20.9 Å². The molecule has 0 radical (unpaired) electrons. The maximum atomic E-state index is 15.2. The molecule has 3 aromatic rings. The van der Waals surface area contributed by atoms with Gasteiger partial charge in [-0.1, -0.05) is 113 Å². The topological polar surface area (TPSA) is 679 Å². The molecule has 13 atom stereocenters. The number of H-pyrrole nitrogens is 1. The molecule has 45 heteroatoms. The van der Waals surface area contributed by atoms with E-state index in [1.54, 1.807) is 36.5 Å². The summed E-state index contributed by atoms with van der Waals surface area (Å²) in [5.74, 6) is -29.6. The molecule has 3 heterocycles. The molecule has 2 fully saturated rings. The summed E-state index contributed by atoms with van der Waals surface area (Å²) < 4.78 is 6.15. The van der Waals surface area contributed by atoms with Crippen molar-refractivity contribution in [2.75, 3.05) is 39.3 Å². The number of carboxylic acid groups (broad SMARTS) is 4. The number of rotatable bonds is 36. The maximum Gasteiger partial charge on any atom is 0.329 e. The fraction of sp³-hybridized carbons (Fsp3) is 0.545. The van der Waals surface area contributed by atoms with Crippen molar-refractivity contribution in [3.63, 3.8) is 0 Å². The Morgan fingerprint density at radius 3 is 1.75 bits per heavy atom. The summed E-state index contributed by atoms with van der Waals surface area (Å²) in [5, 5.41) is 79.5. The minimum Gasteiger partial charge on any atom is -0.481 e. The second-order valence-corrected chi connectivity index (χ2v) is 30.9. The third kappa shape index (κ3) is 33.7. The van der Waals surface area contributed by atoms with Crippen molar-refractivity contribution in [1.82, 2.24) is 79.0 Å². The number of aromatic amines is 1. The fourth-order valence-corrected chi connectivity index (χ4v) is 14.2. The van der Waals surface area contributed by atoms with E-state index in [0.29, 0.717) is 46.7 Å². The first-order valence-corrected chi connectivity index (χ1v) is 40.7. The molecule has 23 N–H and O–H groups in total. The van der Waals surface area contributed by atoms with Crippen molar-refractivity contribution >= 4 is 158 Å². The third-order valence-electron chi connectivity index (χ3n) is 19.3. The lowest BCUT2D eigenvalue weighted by Gasteiger charge is -2.30. The number of unbranched alkanes of at least 4 members (excludes halogenated alkanes) is 6. The molecule has 122 heavy (non-hydrogen) atoms. The number of nitrogens with one attached hydrogen (secondary N) is 14. The molecule has 0 bridgehead atoms. The number of cyclic esters (lactones) is 1. The van der Waals surface area contributed by atoms with Crippen LogP contribution in [0.1, 0.15) is 159 Å². The quantitative estimate of drug-likeness (QED) is 0.00875. The summed E-state index contributed by atoms with van der Waals surface area (Å²) >= 11 is 6.70. The monoisotopic (exact) mass is 1750 g/mol. The summed E-state index contributed by atoms with van der Waals surface area (Å²) in [6.45, 7) is 2.31. The van der Waals surface area contributed by atoms with E-state index in [9.17, 15) is 117 Å². The number of fused-ring (bicyclic) bond motifs is 1. The lowest BCUT2D eigenvalue weighted by molar-refractivity contribution is -0.156. The van der Waals surface area contributed by atoms with E-state index in [1.165, 1.54) is 18.2 Å². The lowest BCUT2D eigenvalue weighted by Crippen LogP contribution is -2.62. The molecule has 1 aromatic heterocycles. The van der Waals surface area contributed by atoms with Gasteiger partial charge in [-0.15, -0.1) is 0 Å². The van der Waals surface area contributed by atoms with Crippen molar-refractivity contribution in [1.29, 1.82) is 0 Å². The van der Waals surface area contributed by atoms with Crippen LogP contribution in [-0.2, 0) is 102 Å². The number of ether oxygens (including phenoxy) is 1. The van der Waals surface area contributed by atoms with Gasteiger partial charge in [0.05, 0.1) is 51.8 Å². The number of carboxylic acids is 4. The Balaban J connectivity index is 1.64. The molecule has 2 aliphatic rings. The molecule has 43 nitrogen and oxygen atoms in total. The van der Waals surface area contributed by atoms with E-state index >= 15 is 4.79 Å². The molecule has 13 unspecified atom stereocenters. The number of hydrogen-bond donors (Lipinski definition) is 21. The van der Waals surface area contributed by atoms with Gasteiger partial charge in [0.1, 0.15) is 76.9 Å². The van der Waals surface area contributed by atoms with Crippen LogP contribution in [0, 0.1) is 5.92 Å². The Morgan fingerprint density at radius 1 is 0.582 bits per heavy atom. The van der Waals surface area contributed by atoms with Gasteiger partial charge in [-0.25, -0.2) is 4.79 Å². The number of para-hydroxylation sites is 1. The number of aliphatic hydroxyl groups excluding tert-OH is 1. The van der Waals surface area contributed by atoms with Gasteiger partial charge >= 0.3 is 29.8 Å². The summed E-state index contributed by atoms with van der Waals surface area (Å²) in [4.78, 5) is 281. The summed E-state index contributed by atoms with van der Waals surface area (Å²) in [6, 6.07) is -9.95. The number of carbonyl (C=O) groups excluding carboxylic acids is 16. The molecule has 668 valence electrons. The number of benzene rings is 2. The molecule has 14 amide bonds. The van der Waals surface area contributed by atoms with Gasteiger partial charge in [0, 0.05) is 59.9 Å². The van der Waals surface area contributed by atoms with E-state index in [0.717, 1.165) is 77.5 Å². The number of hydrogen-bond acceptors (Lipinski definition) is 25. The maximum absolute atomic E-state index is 15.2. The molecule has 2 aromatic carbocycles. The first-order valence-electron chi connectivity index (χ1n) is 39.5. The number of nitrogens with two attached hydrogens (primary N) is 2. The zero-order valence-corrected chi connectivity index (χ0v) is 69.2. The van der Waals surface area contributed by atoms with Crippen LogP contribution in [0.15, 0.2) is 59.6 Å². The van der Waals surface area contributed by atoms with Gasteiger partial charge in [-0.05, 0) is 76.1 Å². The number of thiocarbonyl (C=S) groups is 1. The Bertz CT molecular complexity index is 4310. The van der Waals surface area contributed by atoms with E-state index in [4.69, 9.17) is 28.4 Å². The number of likely N-dealkylation sites (tertiary alicyclic amines) is 1. The Kier molecular flexibility index (Phi) is 41.7. The number of amides is 14. The van der Waals surface area contributed by atoms with Gasteiger partial charge in [-0.3, -0.25) is 91.1 Å². The van der Waals surface area contributed by atoms with Gasteiger partial charge in [-0.2, -0.15) is 0 Å². The van der Waals surface area contributed by atoms with Crippen molar-refractivity contribution < 1.29 is 126 Å². The number of esters is 1. The first kappa shape index (κ1) is 100. The SMILES string of the molecule is CCCCCCCCCC(=O)NC(Cc1c[nH]c2ccccc12)C(=O)NC(CC(N)=O)C(=O)NC(CC(=O)O)C(=O)NC1C(=O)NCC(=O)NC(CCCN)C(=O)NC(CC(=O)O)C(=O)NC(C)C(=O)NC(CC(=O)O)C(=O)NCC(=O)NC(CO)C(=O)NC(C(C)CC(=O)O)C(=O)NC(CC(=O)c2ccccc2SC(=S)N2CCCC2)C(=O)OC1C. The summed E-state index contributed by atoms with van der Waals surface area (Å²) in [6.07, 6.45) is -0.722. The minimum absolute atomic E-state index is 0.0191. The summed E-state index contributed by atoms with van der Waals surface area (Å²) in [5.41, 5.74) is 12.4. The van der Waals surface area contributed by atoms with Gasteiger partial charge in [0.15, 0.2) is 5.78 Å². The minimum atomic E-state index is -2.45. The van der Waals surface area contributed by atoms with Crippen molar-refractivity contribution in [3.8, 4) is 0 Å². The van der Waals surface area contributed by atoms with Crippen LogP contribution in [0.2, 0.25) is 0 Å². The van der Waals surface area contributed by atoms with Gasteiger partial charge in [0.2, 0.25) is 82.7 Å². The smallest absolute Gasteiger partial charge is 0.329 e. The Labute approximate surface area is 709 Å². The molecule has 0 spiro atoms. The van der Waals surface area contributed by atoms with Crippen LogP contribution in [0.3, 0.4) is 0 Å². The molecule has 5 rings (SSSR count). The number of carbonyl (C=O) groups is 20. The third-order valence-corrected chi connectivity index (χ3v) is 20.9. The van der Waals surface area contributed by atoms with E-state index < -0.39 is 261 Å². The normalized spacial score (nSPS) is 21.3. The summed E-state index contributed by atoms with van der Waals surface area (Å²) in [7, 11) is 0. The van der Waals surface area contributed by atoms with Crippen LogP contribution in [-0.4, -0.2) is 270 Å². The number of primary amides is 1. The standard InChI is InChI=1S/C77H107N17O26S2/c1-5-6-7-8-9-10-11-24-57(98)85-47(29-42-35-80-45-21-14-12-19-43(42)45)70(113)88-48(31-56(79)97)71(114)90-51(34-63(107)108)72(115)93-65-41(4)120-76(119)52(30-54(96)44-20-13-15-23-55(44)122-77(121)94-26-16-17-27-94)91-75(118)64(39(2)28-60(101)102)92-73(116)53(38-95)86-59(100)36-81-67(110)49(32-61(103)104)87-66(109)40(3)83-69(112)50(33-62(105)106)89-68(111)46(22-18-25-78)84-58(99)37-82-74(65)117/h12-15,19-21,23,35,39-41,46-53,64-65,80,95H,5-11,16-18,22,24-34,36-38,78H2,1-4H3,(H2,79,97)(H,81,110)(H,82,117)(H,83,112)(H,84,99)(H,85,98)(H,86,100)(H,87,109)(H,88,113)(H,89,111)(H,90,114)(H,91,118)(H,92,116)(H,93,115)(H,101,102)(H,103,104)(H,105,106)(H,107,108). The number of nitrogens with zero attached hydrogens (tertiary/aromatic N) is 1. The van der Waals surface area contributed by atoms with E-state index in [2.05, 4.69) is 65.1 Å². The van der Waals surface area contributed by atoms with Crippen LogP contribution in [0.25, 0.3) is 10.9 Å². The number of aliphatic hydroxyl groups is 1. The Morgan fingerprint density at radius 2 is 1.13 bits per heavy atom. The van der Waals surface area contributed by atoms with Crippen LogP contribution >= 0.6 is 24.0 Å². The van der Waals surface area contributed by atoms with Crippen molar-refractivity contribution in [3.05, 3.63) is 65.9 Å². The zero-order valence-electron chi connectivity index (χ0n) is 67.6. The molecule has 2 aliphatic heterocycles. The highest BCUT2D eigenvalue weighted by Gasteiger charge is 2.41. The molecule has 2 saturated heterocycles. The Hall–Kier alpha value is -12.3. The highest BCUT2D eigenvalue weighted by molar-refractivity contribution is 8.23. The average Bonchev–Trinajstić information content (AvgIpc) is 1.67. The van der Waals surface area contributed by atoms with Gasteiger partial charge < -0.3 is 121 Å². The van der Waals surface area contributed by atoms with Crippen LogP contribution < -0.4 is 80.6 Å². The molecule has 0 saturated carbocycles. The number of thioether (sulfide) groups is 1. The van der Waals surface area contributed by atoms with Crippen molar-refractivity contribution in [2.45, 2.75) is 227 Å². The number of ketones is 1. The predicted molar refractivity (Wildman–Crippen MR) is 435 cm³/mol. The zero-order chi connectivity index (χ0) is 90.4. The first-order chi connectivity index (χ1) is 57.8. The molecule has 0 aliphatic carbocycles. The number of aromatic nitrogens is 1. The fourth-order valence-electron chi connectivity index (χ4n) is 12.8. The van der Waals surface area contributed by atoms with Crippen molar-refractivity contribution in [2.24, 2.45) is 17.4 Å². The average molecular weight is 1750 g/mol.